The lowest BCUT2D eigenvalue weighted by molar-refractivity contribution is 0.0704. The fourth-order valence-corrected chi connectivity index (χ4v) is 3.39. The van der Waals surface area contributed by atoms with Gasteiger partial charge in [-0.05, 0) is 44.0 Å². The van der Waals surface area contributed by atoms with E-state index in [0.717, 1.165) is 42.0 Å². The maximum atomic E-state index is 12.8. The Morgan fingerprint density at radius 2 is 1.96 bits per heavy atom. The number of pyridine rings is 1. The summed E-state index contributed by atoms with van der Waals surface area (Å²) >= 11 is 0. The molecule has 0 saturated carbocycles. The zero-order valence-corrected chi connectivity index (χ0v) is 13.7. The molecule has 5 nitrogen and oxygen atoms in total. The van der Waals surface area contributed by atoms with Crippen molar-refractivity contribution in [2.45, 2.75) is 25.7 Å². The maximum Gasteiger partial charge on any atom is 0.253 e. The van der Waals surface area contributed by atoms with Gasteiger partial charge in [0.15, 0.2) is 5.65 Å². The van der Waals surface area contributed by atoms with E-state index in [4.69, 9.17) is 0 Å². The maximum absolute atomic E-state index is 12.8. The van der Waals surface area contributed by atoms with Gasteiger partial charge in [-0.15, -0.1) is 10.2 Å². The third-order valence-corrected chi connectivity index (χ3v) is 4.71. The van der Waals surface area contributed by atoms with Crippen LogP contribution in [0.25, 0.3) is 5.65 Å². The minimum Gasteiger partial charge on any atom is -0.338 e. The summed E-state index contributed by atoms with van der Waals surface area (Å²) in [4.78, 5) is 14.7. The summed E-state index contributed by atoms with van der Waals surface area (Å²) in [6, 6.07) is 13.7. The van der Waals surface area contributed by atoms with Gasteiger partial charge in [-0.25, -0.2) is 0 Å². The van der Waals surface area contributed by atoms with E-state index in [9.17, 15) is 4.79 Å². The van der Waals surface area contributed by atoms with Crippen molar-refractivity contribution >= 4 is 11.6 Å². The molecule has 3 heterocycles. The van der Waals surface area contributed by atoms with Gasteiger partial charge >= 0.3 is 0 Å². The van der Waals surface area contributed by atoms with Gasteiger partial charge in [-0.3, -0.25) is 9.20 Å². The largest absolute Gasteiger partial charge is 0.338 e. The van der Waals surface area contributed by atoms with E-state index >= 15 is 0 Å². The van der Waals surface area contributed by atoms with Gasteiger partial charge in [-0.1, -0.05) is 23.8 Å². The minimum absolute atomic E-state index is 0.105. The number of amides is 1. The molecule has 3 aromatic rings. The summed E-state index contributed by atoms with van der Waals surface area (Å²) < 4.78 is 2.03. The highest BCUT2D eigenvalue weighted by atomic mass is 16.2. The Kier molecular flexibility index (Phi) is 3.76. The van der Waals surface area contributed by atoms with Crippen molar-refractivity contribution in [2.75, 3.05) is 13.1 Å². The number of carbonyl (C=O) groups excluding carboxylic acids is 1. The number of hydrogen-bond acceptors (Lipinski definition) is 3. The first-order valence-electron chi connectivity index (χ1n) is 8.38. The Morgan fingerprint density at radius 3 is 2.79 bits per heavy atom. The number of carbonyl (C=O) groups is 1. The molecule has 4 rings (SSSR count). The molecule has 1 amide bonds. The Hall–Kier alpha value is -2.69. The number of nitrogens with zero attached hydrogens (tertiary/aromatic N) is 4. The molecule has 0 unspecified atom stereocenters. The van der Waals surface area contributed by atoms with E-state index < -0.39 is 0 Å². The van der Waals surface area contributed by atoms with Gasteiger partial charge in [0.1, 0.15) is 5.82 Å². The summed E-state index contributed by atoms with van der Waals surface area (Å²) in [6.07, 6.45) is 4.02. The quantitative estimate of drug-likeness (QED) is 0.729. The molecule has 122 valence electrons. The molecule has 1 fully saturated rings. The first-order valence-corrected chi connectivity index (χ1v) is 8.38. The predicted molar refractivity (Wildman–Crippen MR) is 92.0 cm³/mol. The number of rotatable bonds is 2. The number of benzene rings is 1. The van der Waals surface area contributed by atoms with Crippen molar-refractivity contribution in [1.82, 2.24) is 19.5 Å². The summed E-state index contributed by atoms with van der Waals surface area (Å²) in [6.45, 7) is 3.53. The van der Waals surface area contributed by atoms with Crippen LogP contribution in [0.4, 0.5) is 0 Å². The Balaban J connectivity index is 1.57. The third-order valence-electron chi connectivity index (χ3n) is 4.71. The Labute approximate surface area is 140 Å². The van der Waals surface area contributed by atoms with E-state index in [1.54, 1.807) is 0 Å². The van der Waals surface area contributed by atoms with Crippen LogP contribution in [-0.4, -0.2) is 38.5 Å². The first kappa shape index (κ1) is 14.9. The standard InChI is InChI=1S/C19H20N4O/c1-14-7-9-15(10-8-14)19(24)22-11-4-5-16(13-22)18-21-20-17-6-2-3-12-23(17)18/h2-3,6-10,12,16H,4-5,11,13H2,1H3/t16-/m0/s1. The van der Waals surface area contributed by atoms with Crippen LogP contribution >= 0.6 is 0 Å². The van der Waals surface area contributed by atoms with E-state index in [-0.39, 0.29) is 11.8 Å². The molecule has 2 aromatic heterocycles. The summed E-state index contributed by atoms with van der Waals surface area (Å²) in [5.74, 6) is 1.28. The molecule has 0 spiro atoms. The Bertz CT molecular complexity index is 868. The summed E-state index contributed by atoms with van der Waals surface area (Å²) in [7, 11) is 0. The first-order chi connectivity index (χ1) is 11.7. The number of fused-ring (bicyclic) bond motifs is 1. The monoisotopic (exact) mass is 320 g/mol. The topological polar surface area (TPSA) is 50.5 Å². The molecule has 0 radical (unpaired) electrons. The van der Waals surface area contributed by atoms with Crippen LogP contribution in [0, 0.1) is 6.92 Å². The van der Waals surface area contributed by atoms with E-state index in [1.807, 2.05) is 64.9 Å². The van der Waals surface area contributed by atoms with Gasteiger partial charge in [-0.2, -0.15) is 0 Å². The molecule has 1 aliphatic rings. The van der Waals surface area contributed by atoms with Crippen molar-refractivity contribution in [3.63, 3.8) is 0 Å². The van der Waals surface area contributed by atoms with Crippen molar-refractivity contribution in [2.24, 2.45) is 0 Å². The van der Waals surface area contributed by atoms with Gasteiger partial charge in [0, 0.05) is 30.8 Å². The van der Waals surface area contributed by atoms with Gasteiger partial charge < -0.3 is 4.90 Å². The molecule has 0 aliphatic carbocycles. The zero-order valence-electron chi connectivity index (χ0n) is 13.7. The van der Waals surface area contributed by atoms with Crippen LogP contribution in [0.3, 0.4) is 0 Å². The third kappa shape index (κ3) is 2.66. The molecule has 0 bridgehead atoms. The lowest BCUT2D eigenvalue weighted by atomic mass is 9.96. The van der Waals surface area contributed by atoms with E-state index in [1.165, 1.54) is 0 Å². The molecule has 1 aliphatic heterocycles. The normalized spacial score (nSPS) is 18.0. The molecule has 1 saturated heterocycles. The molecule has 24 heavy (non-hydrogen) atoms. The molecule has 5 heteroatoms. The highest BCUT2D eigenvalue weighted by Crippen LogP contribution is 2.27. The molecular weight excluding hydrogens is 300 g/mol. The van der Waals surface area contributed by atoms with Crippen LogP contribution in [0.2, 0.25) is 0 Å². The minimum atomic E-state index is 0.105. The molecular formula is C19H20N4O. The highest BCUT2D eigenvalue weighted by Gasteiger charge is 2.28. The van der Waals surface area contributed by atoms with Crippen molar-refractivity contribution in [3.05, 3.63) is 65.6 Å². The van der Waals surface area contributed by atoms with Crippen LogP contribution in [-0.2, 0) is 0 Å². The number of aromatic nitrogens is 3. The second kappa shape index (κ2) is 6.07. The van der Waals surface area contributed by atoms with E-state index in [2.05, 4.69) is 10.2 Å². The number of aryl methyl sites for hydroxylation is 1. The van der Waals surface area contributed by atoms with Crippen LogP contribution in [0.1, 0.15) is 40.5 Å². The molecule has 1 atom stereocenters. The van der Waals surface area contributed by atoms with Crippen molar-refractivity contribution in [3.8, 4) is 0 Å². The van der Waals surface area contributed by atoms with Crippen LogP contribution in [0.15, 0.2) is 48.7 Å². The molecule has 1 aromatic carbocycles. The number of hydrogen-bond donors (Lipinski definition) is 0. The molecule has 0 N–H and O–H groups in total. The summed E-state index contributed by atoms with van der Waals surface area (Å²) in [5, 5.41) is 8.61. The fourth-order valence-electron chi connectivity index (χ4n) is 3.39. The second-order valence-electron chi connectivity index (χ2n) is 6.44. The summed E-state index contributed by atoms with van der Waals surface area (Å²) in [5.41, 5.74) is 2.78. The van der Waals surface area contributed by atoms with Crippen LogP contribution < -0.4 is 0 Å². The van der Waals surface area contributed by atoms with Gasteiger partial charge in [0.25, 0.3) is 5.91 Å². The highest BCUT2D eigenvalue weighted by molar-refractivity contribution is 5.94. The Morgan fingerprint density at radius 1 is 1.12 bits per heavy atom. The zero-order chi connectivity index (χ0) is 16.5. The average molecular weight is 320 g/mol. The average Bonchev–Trinajstić information content (AvgIpc) is 3.06. The lowest BCUT2D eigenvalue weighted by Gasteiger charge is -2.32. The smallest absolute Gasteiger partial charge is 0.253 e. The van der Waals surface area contributed by atoms with Crippen molar-refractivity contribution in [1.29, 1.82) is 0 Å². The second-order valence-corrected chi connectivity index (χ2v) is 6.44. The van der Waals surface area contributed by atoms with E-state index in [0.29, 0.717) is 6.54 Å². The van der Waals surface area contributed by atoms with Crippen molar-refractivity contribution < 1.29 is 4.79 Å². The van der Waals surface area contributed by atoms with Gasteiger partial charge in [0.05, 0.1) is 0 Å². The SMILES string of the molecule is Cc1ccc(C(=O)N2CCC[C@H](c3nnc4ccccn34)C2)cc1. The van der Waals surface area contributed by atoms with Gasteiger partial charge in [0.2, 0.25) is 0 Å². The number of likely N-dealkylation sites (tertiary alicyclic amines) is 1. The fraction of sp³-hybridized carbons (Fsp3) is 0.316. The lowest BCUT2D eigenvalue weighted by Crippen LogP contribution is -2.39. The predicted octanol–water partition coefficient (Wildman–Crippen LogP) is 3.06. The van der Waals surface area contributed by atoms with Crippen LogP contribution in [0.5, 0.6) is 0 Å². The number of piperidine rings is 1.